The molecule has 2 aromatic heterocycles. The molecule has 132 valence electrons. The van der Waals surface area contributed by atoms with Crippen molar-refractivity contribution < 1.29 is 18.7 Å². The molecule has 1 spiro atoms. The minimum absolute atomic E-state index is 0.00184. The second-order valence-electron chi connectivity index (χ2n) is 6.78. The Morgan fingerprint density at radius 1 is 1.32 bits per heavy atom. The van der Waals surface area contributed by atoms with Crippen molar-refractivity contribution in [2.45, 2.75) is 38.4 Å². The monoisotopic (exact) mass is 343 g/mol. The van der Waals surface area contributed by atoms with Gasteiger partial charge < -0.3 is 18.8 Å². The molecule has 0 aliphatic carbocycles. The van der Waals surface area contributed by atoms with Crippen LogP contribution in [0.4, 0.5) is 0 Å². The van der Waals surface area contributed by atoms with Crippen LogP contribution in [-0.4, -0.2) is 52.2 Å². The van der Waals surface area contributed by atoms with Gasteiger partial charge in [0.1, 0.15) is 23.2 Å². The van der Waals surface area contributed by atoms with Crippen molar-refractivity contribution >= 4 is 5.91 Å². The third-order valence-electron chi connectivity index (χ3n) is 4.78. The number of amides is 1. The highest BCUT2D eigenvalue weighted by molar-refractivity contribution is 5.96. The molecule has 2 aromatic rings. The fourth-order valence-electron chi connectivity index (χ4n) is 3.61. The number of likely N-dealkylation sites (tertiary alicyclic amines) is 1. The van der Waals surface area contributed by atoms with Crippen LogP contribution in [0.2, 0.25) is 0 Å². The normalized spacial score (nSPS) is 21.8. The summed E-state index contributed by atoms with van der Waals surface area (Å²) in [7, 11) is 0. The highest BCUT2D eigenvalue weighted by Gasteiger charge is 2.50. The lowest BCUT2D eigenvalue weighted by molar-refractivity contribution is -0.174. The highest BCUT2D eigenvalue weighted by Crippen LogP contribution is 2.36. The minimum atomic E-state index is -0.319. The maximum Gasteiger partial charge on any atom is 0.316 e. The molecular weight excluding hydrogens is 322 g/mol. The number of aromatic nitrogens is 2. The lowest BCUT2D eigenvalue weighted by atomic mass is 9.84. The molecule has 2 saturated heterocycles. The zero-order chi connectivity index (χ0) is 17.4. The number of carbonyl (C=O) groups excluding carboxylic acids is 1. The van der Waals surface area contributed by atoms with Gasteiger partial charge >= 0.3 is 6.01 Å². The maximum absolute atomic E-state index is 12.6. The van der Waals surface area contributed by atoms with Crippen LogP contribution in [0.25, 0.3) is 0 Å². The molecule has 25 heavy (non-hydrogen) atoms. The first-order chi connectivity index (χ1) is 12.0. The molecule has 7 heteroatoms. The van der Waals surface area contributed by atoms with Crippen LogP contribution < -0.4 is 4.74 Å². The van der Waals surface area contributed by atoms with E-state index >= 15 is 0 Å². The molecular formula is C18H21N3O4. The summed E-state index contributed by atoms with van der Waals surface area (Å²) in [6.45, 7) is 5.43. The van der Waals surface area contributed by atoms with E-state index in [0.717, 1.165) is 18.6 Å². The smallest absolute Gasteiger partial charge is 0.316 e. The van der Waals surface area contributed by atoms with Crippen LogP contribution >= 0.6 is 0 Å². The molecule has 1 amide bonds. The lowest BCUT2D eigenvalue weighted by Crippen LogP contribution is -2.67. The van der Waals surface area contributed by atoms with Crippen LogP contribution in [0, 0.1) is 13.8 Å². The number of ether oxygens (including phenoxy) is 2. The average molecular weight is 343 g/mol. The van der Waals surface area contributed by atoms with Gasteiger partial charge in [-0.2, -0.15) is 0 Å². The molecule has 0 radical (unpaired) electrons. The van der Waals surface area contributed by atoms with Crippen molar-refractivity contribution in [3.63, 3.8) is 0 Å². The summed E-state index contributed by atoms with van der Waals surface area (Å²) < 4.78 is 17.3. The molecule has 0 saturated carbocycles. The largest absolute Gasteiger partial charge is 0.466 e. The Morgan fingerprint density at radius 2 is 2.08 bits per heavy atom. The van der Waals surface area contributed by atoms with Gasteiger partial charge in [0.25, 0.3) is 5.91 Å². The molecule has 2 aliphatic rings. The number of carbonyl (C=O) groups is 1. The predicted molar refractivity (Wildman–Crippen MR) is 88.5 cm³/mol. The van der Waals surface area contributed by atoms with Crippen molar-refractivity contribution in [2.24, 2.45) is 0 Å². The highest BCUT2D eigenvalue weighted by atomic mass is 16.5. The van der Waals surface area contributed by atoms with Gasteiger partial charge in [-0.25, -0.2) is 9.97 Å². The van der Waals surface area contributed by atoms with E-state index in [2.05, 4.69) is 9.97 Å². The van der Waals surface area contributed by atoms with E-state index in [4.69, 9.17) is 13.9 Å². The Hall–Kier alpha value is -2.41. The second-order valence-corrected chi connectivity index (χ2v) is 6.78. The van der Waals surface area contributed by atoms with Crippen LogP contribution in [0.5, 0.6) is 6.01 Å². The van der Waals surface area contributed by atoms with E-state index in [-0.39, 0.29) is 17.6 Å². The van der Waals surface area contributed by atoms with Gasteiger partial charge in [-0.15, -0.1) is 0 Å². The van der Waals surface area contributed by atoms with E-state index in [1.54, 1.807) is 29.4 Å². The first-order valence-corrected chi connectivity index (χ1v) is 8.49. The number of hydrogen-bond acceptors (Lipinski definition) is 6. The molecule has 1 unspecified atom stereocenters. The molecule has 2 aliphatic heterocycles. The Kier molecular flexibility index (Phi) is 3.95. The zero-order valence-corrected chi connectivity index (χ0v) is 14.4. The average Bonchev–Trinajstić information content (AvgIpc) is 2.91. The lowest BCUT2D eigenvalue weighted by Gasteiger charge is -2.52. The maximum atomic E-state index is 12.6. The van der Waals surface area contributed by atoms with E-state index in [9.17, 15) is 4.79 Å². The molecule has 4 heterocycles. The molecule has 1 atom stereocenters. The molecule has 0 aromatic carbocycles. The second kappa shape index (κ2) is 6.15. The van der Waals surface area contributed by atoms with Crippen LogP contribution in [-0.2, 0) is 4.74 Å². The number of nitrogens with zero attached hydrogens (tertiary/aromatic N) is 3. The van der Waals surface area contributed by atoms with Gasteiger partial charge in [-0.1, -0.05) is 0 Å². The summed E-state index contributed by atoms with van der Waals surface area (Å²) in [5.41, 5.74) is 0.314. The van der Waals surface area contributed by atoms with Crippen molar-refractivity contribution in [3.8, 4) is 6.01 Å². The molecule has 0 bridgehead atoms. The summed E-state index contributed by atoms with van der Waals surface area (Å²) in [6, 6.07) is 3.94. The number of furan rings is 1. The van der Waals surface area contributed by atoms with Gasteiger partial charge in [0.2, 0.25) is 0 Å². The Morgan fingerprint density at radius 3 is 2.76 bits per heavy atom. The van der Waals surface area contributed by atoms with E-state index in [1.165, 1.54) is 0 Å². The van der Waals surface area contributed by atoms with Crippen LogP contribution in [0.1, 0.15) is 34.7 Å². The van der Waals surface area contributed by atoms with Gasteiger partial charge in [-0.3, -0.25) is 4.79 Å². The van der Waals surface area contributed by atoms with Gasteiger partial charge in [0, 0.05) is 25.2 Å². The van der Waals surface area contributed by atoms with E-state index in [0.29, 0.717) is 37.0 Å². The van der Waals surface area contributed by atoms with E-state index in [1.807, 2.05) is 13.8 Å². The molecule has 4 rings (SSSR count). The van der Waals surface area contributed by atoms with Crippen molar-refractivity contribution in [1.29, 1.82) is 0 Å². The molecule has 0 N–H and O–H groups in total. The molecule has 2 fully saturated rings. The fourth-order valence-corrected chi connectivity index (χ4v) is 3.61. The Labute approximate surface area is 146 Å². The SMILES string of the molecule is Cc1cc(C(=O)N2CC3(CC(Oc4ncccn4)CCO3)C2)c(C)o1. The third-order valence-corrected chi connectivity index (χ3v) is 4.78. The predicted octanol–water partition coefficient (Wildman–Crippen LogP) is 2.14. The summed E-state index contributed by atoms with van der Waals surface area (Å²) in [4.78, 5) is 22.6. The minimum Gasteiger partial charge on any atom is -0.466 e. The Balaban J connectivity index is 1.38. The standard InChI is InChI=1S/C18H21N3O4/c1-12-8-15(13(2)24-12)16(22)21-10-18(11-21)9-14(4-7-23-18)25-17-19-5-3-6-20-17/h3,5-6,8,14H,4,7,9-11H2,1-2H3. The quantitative estimate of drug-likeness (QED) is 0.850. The first kappa shape index (κ1) is 16.1. The first-order valence-electron chi connectivity index (χ1n) is 8.49. The number of hydrogen-bond donors (Lipinski definition) is 0. The van der Waals surface area contributed by atoms with Gasteiger partial charge in [0.15, 0.2) is 0 Å². The van der Waals surface area contributed by atoms with Crippen molar-refractivity contribution in [3.05, 3.63) is 41.6 Å². The third kappa shape index (κ3) is 3.11. The van der Waals surface area contributed by atoms with Crippen molar-refractivity contribution in [2.75, 3.05) is 19.7 Å². The topological polar surface area (TPSA) is 77.7 Å². The summed E-state index contributed by atoms with van der Waals surface area (Å²) in [5, 5.41) is 0. The van der Waals surface area contributed by atoms with Gasteiger partial charge in [0.05, 0.1) is 25.3 Å². The zero-order valence-electron chi connectivity index (χ0n) is 14.4. The summed E-state index contributed by atoms with van der Waals surface area (Å²) >= 11 is 0. The van der Waals surface area contributed by atoms with Gasteiger partial charge in [-0.05, 0) is 26.0 Å². The number of rotatable bonds is 3. The molecule has 7 nitrogen and oxygen atoms in total. The van der Waals surface area contributed by atoms with Crippen molar-refractivity contribution in [1.82, 2.24) is 14.9 Å². The Bertz CT molecular complexity index is 768. The fraction of sp³-hybridized carbons (Fsp3) is 0.500. The van der Waals surface area contributed by atoms with Crippen LogP contribution in [0.15, 0.2) is 28.9 Å². The summed E-state index contributed by atoms with van der Waals surface area (Å²) in [5.74, 6) is 1.41. The van der Waals surface area contributed by atoms with E-state index < -0.39 is 0 Å². The number of aryl methyl sites for hydroxylation is 2. The summed E-state index contributed by atoms with van der Waals surface area (Å²) in [6.07, 6.45) is 4.87. The van der Waals surface area contributed by atoms with Crippen LogP contribution in [0.3, 0.4) is 0 Å².